The van der Waals surface area contributed by atoms with Crippen LogP contribution in [-0.2, 0) is 9.59 Å². The Kier molecular flexibility index (Phi) is 5.06. The summed E-state index contributed by atoms with van der Waals surface area (Å²) >= 11 is 0. The molecule has 0 unspecified atom stereocenters. The van der Waals surface area contributed by atoms with E-state index in [0.717, 1.165) is 38.8 Å². The van der Waals surface area contributed by atoms with Gasteiger partial charge in [0.25, 0.3) is 0 Å². The van der Waals surface area contributed by atoms with Crippen molar-refractivity contribution in [3.05, 3.63) is 0 Å². The van der Waals surface area contributed by atoms with E-state index >= 15 is 0 Å². The second-order valence-corrected chi connectivity index (χ2v) is 6.79. The normalized spacial score (nSPS) is 21.6. The maximum absolute atomic E-state index is 12.6. The number of rotatable bonds is 3. The second kappa shape index (κ2) is 6.59. The molecule has 0 aromatic rings. The van der Waals surface area contributed by atoms with E-state index in [4.69, 9.17) is 0 Å². The van der Waals surface area contributed by atoms with Crippen LogP contribution in [0.25, 0.3) is 0 Å². The third-order valence-electron chi connectivity index (χ3n) is 4.69. The van der Waals surface area contributed by atoms with Gasteiger partial charge in [-0.05, 0) is 46.0 Å². The van der Waals surface area contributed by atoms with Crippen LogP contribution in [0.3, 0.4) is 0 Å². The molecule has 20 heavy (non-hydrogen) atoms. The lowest BCUT2D eigenvalue weighted by molar-refractivity contribution is -0.149. The van der Waals surface area contributed by atoms with Crippen molar-refractivity contribution in [2.75, 3.05) is 13.1 Å². The third kappa shape index (κ3) is 3.53. The average Bonchev–Trinajstić information content (AvgIpc) is 2.48. The van der Waals surface area contributed by atoms with Crippen molar-refractivity contribution in [2.45, 2.75) is 71.3 Å². The van der Waals surface area contributed by atoms with Crippen LogP contribution in [0.15, 0.2) is 0 Å². The van der Waals surface area contributed by atoms with E-state index in [0.29, 0.717) is 0 Å². The van der Waals surface area contributed by atoms with Crippen LogP contribution in [0.2, 0.25) is 0 Å². The van der Waals surface area contributed by atoms with Gasteiger partial charge in [-0.1, -0.05) is 19.3 Å². The molecule has 0 spiro atoms. The molecule has 2 aliphatic rings. The van der Waals surface area contributed by atoms with Crippen LogP contribution in [0.4, 0.5) is 0 Å². The van der Waals surface area contributed by atoms with E-state index in [-0.39, 0.29) is 17.9 Å². The predicted molar refractivity (Wildman–Crippen MR) is 79.2 cm³/mol. The molecule has 1 N–H and O–H groups in total. The number of likely N-dealkylation sites (tertiary alicyclic amines) is 1. The monoisotopic (exact) mass is 280 g/mol. The number of carbonyl (C=O) groups excluding carboxylic acids is 2. The van der Waals surface area contributed by atoms with Crippen molar-refractivity contribution in [2.24, 2.45) is 5.41 Å². The highest BCUT2D eigenvalue weighted by molar-refractivity contribution is 6.04. The molecule has 2 amide bonds. The van der Waals surface area contributed by atoms with E-state index in [1.54, 1.807) is 13.8 Å². The molecule has 2 rings (SSSR count). The highest BCUT2D eigenvalue weighted by atomic mass is 16.2. The summed E-state index contributed by atoms with van der Waals surface area (Å²) in [6.07, 6.45) is 9.06. The molecule has 1 saturated carbocycles. The van der Waals surface area contributed by atoms with Crippen LogP contribution >= 0.6 is 0 Å². The van der Waals surface area contributed by atoms with Crippen molar-refractivity contribution in [3.8, 4) is 0 Å². The average molecular weight is 280 g/mol. The summed E-state index contributed by atoms with van der Waals surface area (Å²) in [5.41, 5.74) is -0.936. The first-order chi connectivity index (χ1) is 9.51. The summed E-state index contributed by atoms with van der Waals surface area (Å²) in [5, 5.41) is 3.09. The molecule has 1 saturated heterocycles. The molecule has 4 nitrogen and oxygen atoms in total. The maximum atomic E-state index is 12.6. The summed E-state index contributed by atoms with van der Waals surface area (Å²) in [6, 6.07) is 0.268. The summed E-state index contributed by atoms with van der Waals surface area (Å²) in [6.45, 7) is 5.14. The zero-order valence-corrected chi connectivity index (χ0v) is 12.9. The Morgan fingerprint density at radius 3 is 2.10 bits per heavy atom. The quantitative estimate of drug-likeness (QED) is 0.807. The van der Waals surface area contributed by atoms with E-state index in [2.05, 4.69) is 5.32 Å². The van der Waals surface area contributed by atoms with Crippen LogP contribution in [0.5, 0.6) is 0 Å². The van der Waals surface area contributed by atoms with E-state index < -0.39 is 5.41 Å². The predicted octanol–water partition coefficient (Wildman–Crippen LogP) is 2.47. The SMILES string of the molecule is CC(C)(C(=O)NC1CCCCC1)C(=O)N1CCCCC1. The molecule has 1 aliphatic heterocycles. The van der Waals surface area contributed by atoms with Gasteiger partial charge in [0.2, 0.25) is 11.8 Å². The summed E-state index contributed by atoms with van der Waals surface area (Å²) in [4.78, 5) is 26.9. The molecule has 0 atom stereocenters. The third-order valence-corrected chi connectivity index (χ3v) is 4.69. The smallest absolute Gasteiger partial charge is 0.237 e. The molecule has 0 radical (unpaired) electrons. The van der Waals surface area contributed by atoms with Gasteiger partial charge in [-0.3, -0.25) is 9.59 Å². The van der Waals surface area contributed by atoms with Crippen molar-refractivity contribution in [1.29, 1.82) is 0 Å². The molecule has 0 aromatic carbocycles. The number of amides is 2. The first kappa shape index (κ1) is 15.3. The minimum absolute atomic E-state index is 0.00879. The minimum Gasteiger partial charge on any atom is -0.352 e. The van der Waals surface area contributed by atoms with Gasteiger partial charge in [-0.2, -0.15) is 0 Å². The van der Waals surface area contributed by atoms with E-state index in [1.807, 2.05) is 4.90 Å². The number of hydrogen-bond acceptors (Lipinski definition) is 2. The maximum Gasteiger partial charge on any atom is 0.237 e. The molecule has 2 fully saturated rings. The molecule has 114 valence electrons. The lowest BCUT2D eigenvalue weighted by Gasteiger charge is -2.34. The number of carbonyl (C=O) groups is 2. The molecule has 0 aromatic heterocycles. The Morgan fingerprint density at radius 1 is 0.950 bits per heavy atom. The van der Waals surface area contributed by atoms with Crippen LogP contribution < -0.4 is 5.32 Å². The van der Waals surface area contributed by atoms with Crippen molar-refractivity contribution in [1.82, 2.24) is 10.2 Å². The molecule has 0 bridgehead atoms. The van der Waals surface area contributed by atoms with Crippen molar-refractivity contribution < 1.29 is 9.59 Å². The summed E-state index contributed by atoms with van der Waals surface area (Å²) in [5.74, 6) is -0.106. The van der Waals surface area contributed by atoms with E-state index in [9.17, 15) is 9.59 Å². The fourth-order valence-electron chi connectivity index (χ4n) is 3.20. The number of nitrogens with one attached hydrogen (secondary N) is 1. The van der Waals surface area contributed by atoms with Gasteiger partial charge in [0, 0.05) is 19.1 Å². The van der Waals surface area contributed by atoms with Gasteiger partial charge in [0.15, 0.2) is 0 Å². The standard InChI is InChI=1S/C16H28N2O2/c1-16(2,15(20)18-11-7-4-8-12-18)14(19)17-13-9-5-3-6-10-13/h13H,3-12H2,1-2H3,(H,17,19). The topological polar surface area (TPSA) is 49.4 Å². The van der Waals surface area contributed by atoms with Crippen LogP contribution in [0, 0.1) is 5.41 Å². The highest BCUT2D eigenvalue weighted by Gasteiger charge is 2.40. The summed E-state index contributed by atoms with van der Waals surface area (Å²) < 4.78 is 0. The first-order valence-electron chi connectivity index (χ1n) is 8.12. The van der Waals surface area contributed by atoms with Gasteiger partial charge < -0.3 is 10.2 Å². The minimum atomic E-state index is -0.936. The van der Waals surface area contributed by atoms with Gasteiger partial charge in [0.05, 0.1) is 0 Å². The van der Waals surface area contributed by atoms with Gasteiger partial charge in [-0.25, -0.2) is 0 Å². The van der Waals surface area contributed by atoms with Gasteiger partial charge in [0.1, 0.15) is 5.41 Å². The van der Waals surface area contributed by atoms with E-state index in [1.165, 1.54) is 25.7 Å². The van der Waals surface area contributed by atoms with Gasteiger partial charge in [-0.15, -0.1) is 0 Å². The van der Waals surface area contributed by atoms with Crippen LogP contribution in [0.1, 0.15) is 65.2 Å². The molecule has 1 aliphatic carbocycles. The largest absolute Gasteiger partial charge is 0.352 e. The number of nitrogens with zero attached hydrogens (tertiary/aromatic N) is 1. The Morgan fingerprint density at radius 2 is 1.50 bits per heavy atom. The Balaban J connectivity index is 1.92. The number of hydrogen-bond donors (Lipinski definition) is 1. The van der Waals surface area contributed by atoms with Crippen molar-refractivity contribution >= 4 is 11.8 Å². The number of piperidine rings is 1. The van der Waals surface area contributed by atoms with Crippen molar-refractivity contribution in [3.63, 3.8) is 0 Å². The van der Waals surface area contributed by atoms with Crippen LogP contribution in [-0.4, -0.2) is 35.8 Å². The first-order valence-corrected chi connectivity index (χ1v) is 8.12. The fourth-order valence-corrected chi connectivity index (χ4v) is 3.20. The zero-order chi connectivity index (χ0) is 14.6. The Bertz CT molecular complexity index is 353. The molecular weight excluding hydrogens is 252 g/mol. The lowest BCUT2D eigenvalue weighted by atomic mass is 9.87. The summed E-state index contributed by atoms with van der Waals surface area (Å²) in [7, 11) is 0. The molecular formula is C16H28N2O2. The van der Waals surface area contributed by atoms with Gasteiger partial charge >= 0.3 is 0 Å². The molecule has 4 heteroatoms. The second-order valence-electron chi connectivity index (χ2n) is 6.79. The lowest BCUT2D eigenvalue weighted by Crippen LogP contribution is -2.52. The molecule has 1 heterocycles. The Hall–Kier alpha value is -1.06. The highest BCUT2D eigenvalue weighted by Crippen LogP contribution is 2.24. The zero-order valence-electron chi connectivity index (χ0n) is 12.9. The fraction of sp³-hybridized carbons (Fsp3) is 0.875. The Labute approximate surface area is 122 Å².